The van der Waals surface area contributed by atoms with Gasteiger partial charge in [-0.15, -0.1) is 0 Å². The number of pyridine rings is 1. The molecular formula is C15H19N3S2. The van der Waals surface area contributed by atoms with Crippen molar-refractivity contribution in [2.24, 2.45) is 5.84 Å². The number of nitrogens with one attached hydrogen (secondary N) is 1. The van der Waals surface area contributed by atoms with E-state index in [1.54, 1.807) is 0 Å². The van der Waals surface area contributed by atoms with Gasteiger partial charge in [0.25, 0.3) is 0 Å². The molecular weight excluding hydrogens is 286 g/mol. The SMILES string of the molecule is CC1SCCSC1C(NN)c1cccc2ccncc12. The molecule has 106 valence electrons. The van der Waals surface area contributed by atoms with E-state index < -0.39 is 0 Å². The summed E-state index contributed by atoms with van der Waals surface area (Å²) in [4.78, 5) is 4.27. The molecule has 1 aromatic heterocycles. The summed E-state index contributed by atoms with van der Waals surface area (Å²) in [7, 11) is 0. The first-order valence-electron chi connectivity index (χ1n) is 6.83. The minimum atomic E-state index is 0.163. The molecule has 2 aromatic rings. The molecule has 1 fully saturated rings. The lowest BCUT2D eigenvalue weighted by atomic mass is 9.97. The van der Waals surface area contributed by atoms with Gasteiger partial charge in [0.1, 0.15) is 0 Å². The molecule has 1 saturated heterocycles. The number of nitrogens with two attached hydrogens (primary N) is 1. The van der Waals surface area contributed by atoms with Crippen LogP contribution in [-0.4, -0.2) is 27.0 Å². The number of benzene rings is 1. The quantitative estimate of drug-likeness (QED) is 0.674. The van der Waals surface area contributed by atoms with E-state index in [4.69, 9.17) is 5.84 Å². The molecule has 3 unspecified atom stereocenters. The Morgan fingerprint density at radius 3 is 2.95 bits per heavy atom. The van der Waals surface area contributed by atoms with Crippen molar-refractivity contribution in [1.29, 1.82) is 0 Å². The molecule has 1 aromatic carbocycles. The van der Waals surface area contributed by atoms with Gasteiger partial charge in [0.15, 0.2) is 0 Å². The van der Waals surface area contributed by atoms with Crippen molar-refractivity contribution in [3.8, 4) is 0 Å². The number of hydrogen-bond acceptors (Lipinski definition) is 5. The minimum Gasteiger partial charge on any atom is -0.271 e. The van der Waals surface area contributed by atoms with Crippen LogP contribution < -0.4 is 11.3 Å². The zero-order valence-corrected chi connectivity index (χ0v) is 13.1. The van der Waals surface area contributed by atoms with Crippen molar-refractivity contribution in [3.05, 3.63) is 42.2 Å². The summed E-state index contributed by atoms with van der Waals surface area (Å²) < 4.78 is 0. The molecule has 1 aliphatic heterocycles. The molecule has 1 aliphatic rings. The number of rotatable bonds is 3. The summed E-state index contributed by atoms with van der Waals surface area (Å²) in [5, 5.41) is 3.51. The van der Waals surface area contributed by atoms with E-state index >= 15 is 0 Å². The minimum absolute atomic E-state index is 0.163. The van der Waals surface area contributed by atoms with E-state index in [-0.39, 0.29) is 6.04 Å². The molecule has 0 radical (unpaired) electrons. The molecule has 3 atom stereocenters. The summed E-state index contributed by atoms with van der Waals surface area (Å²) in [5.74, 6) is 8.32. The highest BCUT2D eigenvalue weighted by molar-refractivity contribution is 8.07. The zero-order chi connectivity index (χ0) is 13.9. The third-order valence-electron chi connectivity index (χ3n) is 3.80. The number of fused-ring (bicyclic) bond motifs is 1. The fraction of sp³-hybridized carbons (Fsp3) is 0.400. The molecule has 0 saturated carbocycles. The van der Waals surface area contributed by atoms with Crippen molar-refractivity contribution in [2.75, 3.05) is 11.5 Å². The normalized spacial score (nSPS) is 24.7. The zero-order valence-electron chi connectivity index (χ0n) is 11.5. The summed E-state index contributed by atoms with van der Waals surface area (Å²) in [6, 6.07) is 8.61. The van der Waals surface area contributed by atoms with Crippen LogP contribution >= 0.6 is 23.5 Å². The lowest BCUT2D eigenvalue weighted by Crippen LogP contribution is -2.41. The Bertz CT molecular complexity index is 585. The van der Waals surface area contributed by atoms with Crippen LogP contribution in [0.5, 0.6) is 0 Å². The number of hydrogen-bond donors (Lipinski definition) is 2. The number of nitrogens with zero attached hydrogens (tertiary/aromatic N) is 1. The highest BCUT2D eigenvalue weighted by atomic mass is 32.2. The monoisotopic (exact) mass is 305 g/mol. The molecule has 3 rings (SSSR count). The lowest BCUT2D eigenvalue weighted by molar-refractivity contribution is 0.530. The Morgan fingerprint density at radius 2 is 2.15 bits per heavy atom. The molecule has 2 heterocycles. The first-order chi connectivity index (χ1) is 9.81. The summed E-state index contributed by atoms with van der Waals surface area (Å²) in [5.41, 5.74) is 4.30. The average Bonchev–Trinajstić information content (AvgIpc) is 2.50. The highest BCUT2D eigenvalue weighted by Gasteiger charge is 2.31. The van der Waals surface area contributed by atoms with Gasteiger partial charge >= 0.3 is 0 Å². The van der Waals surface area contributed by atoms with Gasteiger partial charge in [-0.05, 0) is 17.0 Å². The maximum absolute atomic E-state index is 5.90. The van der Waals surface area contributed by atoms with E-state index in [0.717, 1.165) is 0 Å². The Labute approximate surface area is 128 Å². The molecule has 5 heteroatoms. The van der Waals surface area contributed by atoms with Crippen molar-refractivity contribution in [1.82, 2.24) is 10.4 Å². The third-order valence-corrected chi connectivity index (χ3v) is 6.99. The van der Waals surface area contributed by atoms with Crippen LogP contribution in [0.2, 0.25) is 0 Å². The van der Waals surface area contributed by atoms with Gasteiger partial charge in [0, 0.05) is 39.8 Å². The molecule has 0 amide bonds. The second-order valence-electron chi connectivity index (χ2n) is 5.00. The molecule has 20 heavy (non-hydrogen) atoms. The molecule has 0 bridgehead atoms. The van der Waals surface area contributed by atoms with Crippen molar-refractivity contribution < 1.29 is 0 Å². The van der Waals surface area contributed by atoms with E-state index in [2.05, 4.69) is 41.6 Å². The predicted octanol–water partition coefficient (Wildman–Crippen LogP) is 2.98. The smallest absolute Gasteiger partial charge is 0.0595 e. The van der Waals surface area contributed by atoms with Crippen LogP contribution in [0.25, 0.3) is 10.8 Å². The van der Waals surface area contributed by atoms with Crippen molar-refractivity contribution in [3.63, 3.8) is 0 Å². The maximum atomic E-state index is 5.90. The van der Waals surface area contributed by atoms with Crippen LogP contribution in [0, 0.1) is 0 Å². The van der Waals surface area contributed by atoms with Crippen molar-refractivity contribution >= 4 is 34.3 Å². The van der Waals surface area contributed by atoms with E-state index in [9.17, 15) is 0 Å². The standard InChI is InChI=1S/C15H19N3S2/c1-10-15(20-8-7-19-10)14(18-16)12-4-2-3-11-5-6-17-9-13(11)12/h2-6,9-10,14-15,18H,7-8,16H2,1H3. The first-order valence-corrected chi connectivity index (χ1v) is 8.93. The van der Waals surface area contributed by atoms with Gasteiger partial charge in [0.2, 0.25) is 0 Å². The van der Waals surface area contributed by atoms with Crippen LogP contribution in [0.15, 0.2) is 36.7 Å². The molecule has 0 aliphatic carbocycles. The van der Waals surface area contributed by atoms with Crippen LogP contribution in [0.4, 0.5) is 0 Å². The fourth-order valence-electron chi connectivity index (χ4n) is 2.79. The van der Waals surface area contributed by atoms with Gasteiger partial charge in [-0.1, -0.05) is 25.1 Å². The Morgan fingerprint density at radius 1 is 1.30 bits per heavy atom. The van der Waals surface area contributed by atoms with E-state index in [1.807, 2.05) is 35.9 Å². The fourth-order valence-corrected chi connectivity index (χ4v) is 5.71. The van der Waals surface area contributed by atoms with Crippen LogP contribution in [0.3, 0.4) is 0 Å². The topological polar surface area (TPSA) is 50.9 Å². The summed E-state index contributed by atoms with van der Waals surface area (Å²) in [6.07, 6.45) is 3.78. The van der Waals surface area contributed by atoms with Crippen molar-refractivity contribution in [2.45, 2.75) is 23.5 Å². The van der Waals surface area contributed by atoms with E-state index in [0.29, 0.717) is 10.5 Å². The third kappa shape index (κ3) is 2.68. The summed E-state index contributed by atoms with van der Waals surface area (Å²) in [6.45, 7) is 2.30. The Hall–Kier alpha value is -0.750. The summed E-state index contributed by atoms with van der Waals surface area (Å²) >= 11 is 4.06. The van der Waals surface area contributed by atoms with E-state index in [1.165, 1.54) is 27.8 Å². The molecule has 3 nitrogen and oxygen atoms in total. The van der Waals surface area contributed by atoms with Gasteiger partial charge in [-0.2, -0.15) is 23.5 Å². The average molecular weight is 305 g/mol. The number of hydrazine groups is 1. The highest BCUT2D eigenvalue weighted by Crippen LogP contribution is 2.39. The largest absolute Gasteiger partial charge is 0.271 e. The molecule has 3 N–H and O–H groups in total. The lowest BCUT2D eigenvalue weighted by Gasteiger charge is -2.34. The van der Waals surface area contributed by atoms with Crippen LogP contribution in [0.1, 0.15) is 18.5 Å². The maximum Gasteiger partial charge on any atom is 0.0595 e. The second kappa shape index (κ2) is 6.35. The van der Waals surface area contributed by atoms with Gasteiger partial charge in [-0.3, -0.25) is 16.3 Å². The number of aromatic nitrogens is 1. The second-order valence-corrected chi connectivity index (χ2v) is 7.77. The van der Waals surface area contributed by atoms with Gasteiger partial charge in [-0.25, -0.2) is 0 Å². The van der Waals surface area contributed by atoms with Gasteiger partial charge in [0.05, 0.1) is 6.04 Å². The van der Waals surface area contributed by atoms with Gasteiger partial charge < -0.3 is 0 Å². The Balaban J connectivity index is 2.02. The first kappa shape index (κ1) is 14.2. The number of thioether (sulfide) groups is 2. The Kier molecular flexibility index (Phi) is 4.51. The molecule has 0 spiro atoms. The van der Waals surface area contributed by atoms with Crippen LogP contribution in [-0.2, 0) is 0 Å². The predicted molar refractivity (Wildman–Crippen MR) is 90.0 cm³/mol.